The number of nitrogens with one attached hydrogen (secondary N) is 1. The van der Waals surface area contributed by atoms with Gasteiger partial charge in [0.2, 0.25) is 5.91 Å². The fourth-order valence-corrected chi connectivity index (χ4v) is 2.92. The van der Waals surface area contributed by atoms with Crippen molar-refractivity contribution in [3.05, 3.63) is 83.9 Å². The summed E-state index contributed by atoms with van der Waals surface area (Å²) in [6.45, 7) is 0. The summed E-state index contributed by atoms with van der Waals surface area (Å²) in [5.41, 5.74) is 1.76. The molecule has 3 aromatic carbocycles. The number of amides is 1. The molecule has 3 rings (SSSR count). The standard InChI is InChI=1S/C21H19NO3/c23-20(13-15-7-2-1-3-8-15)22-19(21(24)25)14-17-11-6-10-16-9-4-5-12-18(16)17/h1-12,19H,13-14H2,(H,22,23)(H,24,25). The van der Waals surface area contributed by atoms with E-state index in [-0.39, 0.29) is 18.7 Å². The third-order valence-electron chi connectivity index (χ3n) is 4.14. The average molecular weight is 333 g/mol. The molecule has 1 atom stereocenters. The number of aliphatic carboxylic acids is 1. The first kappa shape index (κ1) is 16.7. The van der Waals surface area contributed by atoms with E-state index < -0.39 is 12.0 Å². The Kier molecular flexibility index (Phi) is 5.09. The van der Waals surface area contributed by atoms with Crippen molar-refractivity contribution in [1.29, 1.82) is 0 Å². The van der Waals surface area contributed by atoms with E-state index in [1.54, 1.807) is 0 Å². The molecule has 0 saturated carbocycles. The van der Waals surface area contributed by atoms with Crippen LogP contribution >= 0.6 is 0 Å². The highest BCUT2D eigenvalue weighted by Crippen LogP contribution is 2.20. The molecule has 2 N–H and O–H groups in total. The van der Waals surface area contributed by atoms with Crippen molar-refractivity contribution in [2.75, 3.05) is 0 Å². The highest BCUT2D eigenvalue weighted by atomic mass is 16.4. The fraction of sp³-hybridized carbons (Fsp3) is 0.143. The molecule has 1 unspecified atom stereocenters. The summed E-state index contributed by atoms with van der Waals surface area (Å²) in [6.07, 6.45) is 0.414. The van der Waals surface area contributed by atoms with Crippen molar-refractivity contribution in [3.8, 4) is 0 Å². The first-order valence-corrected chi connectivity index (χ1v) is 8.16. The summed E-state index contributed by atoms with van der Waals surface area (Å²) >= 11 is 0. The number of carbonyl (C=O) groups excluding carboxylic acids is 1. The van der Waals surface area contributed by atoms with Crippen LogP contribution < -0.4 is 5.32 Å². The van der Waals surface area contributed by atoms with Crippen molar-refractivity contribution in [2.45, 2.75) is 18.9 Å². The van der Waals surface area contributed by atoms with Crippen molar-refractivity contribution >= 4 is 22.6 Å². The van der Waals surface area contributed by atoms with Gasteiger partial charge in [-0.1, -0.05) is 72.8 Å². The summed E-state index contributed by atoms with van der Waals surface area (Å²) in [5, 5.41) is 14.2. The van der Waals surface area contributed by atoms with Crippen molar-refractivity contribution in [1.82, 2.24) is 5.32 Å². The molecule has 0 aliphatic rings. The van der Waals surface area contributed by atoms with Crippen LogP contribution in [0.25, 0.3) is 10.8 Å². The molecule has 0 aliphatic heterocycles. The Hall–Kier alpha value is -3.14. The van der Waals surface area contributed by atoms with Crippen LogP contribution in [0.3, 0.4) is 0 Å². The summed E-state index contributed by atoms with van der Waals surface area (Å²) in [6, 6.07) is 22.0. The molecule has 0 saturated heterocycles. The summed E-state index contributed by atoms with van der Waals surface area (Å²) < 4.78 is 0. The molecule has 25 heavy (non-hydrogen) atoms. The summed E-state index contributed by atoms with van der Waals surface area (Å²) in [7, 11) is 0. The lowest BCUT2D eigenvalue weighted by Gasteiger charge is -2.16. The van der Waals surface area contributed by atoms with E-state index in [9.17, 15) is 14.7 Å². The summed E-state index contributed by atoms with van der Waals surface area (Å²) in [4.78, 5) is 23.8. The Morgan fingerprint density at radius 1 is 0.880 bits per heavy atom. The molecule has 0 heterocycles. The van der Waals surface area contributed by atoms with Gasteiger partial charge in [-0.2, -0.15) is 0 Å². The predicted octanol–water partition coefficient (Wildman–Crippen LogP) is 3.19. The molecule has 0 spiro atoms. The van der Waals surface area contributed by atoms with E-state index in [0.717, 1.165) is 21.9 Å². The number of hydrogen-bond acceptors (Lipinski definition) is 2. The predicted molar refractivity (Wildman–Crippen MR) is 97.4 cm³/mol. The number of carbonyl (C=O) groups is 2. The molecule has 3 aromatic rings. The molecular weight excluding hydrogens is 314 g/mol. The first-order valence-electron chi connectivity index (χ1n) is 8.16. The Morgan fingerprint density at radius 2 is 1.56 bits per heavy atom. The van der Waals surface area contributed by atoms with Crippen LogP contribution in [0.2, 0.25) is 0 Å². The molecule has 1 amide bonds. The van der Waals surface area contributed by atoms with E-state index in [0.29, 0.717) is 0 Å². The molecule has 0 aliphatic carbocycles. The molecule has 0 bridgehead atoms. The van der Waals surface area contributed by atoms with E-state index in [1.807, 2.05) is 72.8 Å². The zero-order valence-electron chi connectivity index (χ0n) is 13.7. The van der Waals surface area contributed by atoms with Crippen LogP contribution in [0.4, 0.5) is 0 Å². The SMILES string of the molecule is O=C(Cc1ccccc1)NC(Cc1cccc2ccccc12)C(=O)O. The van der Waals surface area contributed by atoms with Gasteiger partial charge in [-0.15, -0.1) is 0 Å². The minimum atomic E-state index is -1.03. The zero-order valence-corrected chi connectivity index (χ0v) is 13.7. The third kappa shape index (κ3) is 4.23. The number of carboxylic acids is 1. The van der Waals surface area contributed by atoms with E-state index in [4.69, 9.17) is 0 Å². The lowest BCUT2D eigenvalue weighted by Crippen LogP contribution is -2.43. The van der Waals surface area contributed by atoms with Crippen LogP contribution in [0.5, 0.6) is 0 Å². The van der Waals surface area contributed by atoms with Crippen molar-refractivity contribution in [2.24, 2.45) is 0 Å². The summed E-state index contributed by atoms with van der Waals surface area (Å²) in [5.74, 6) is -1.33. The number of carboxylic acid groups (broad SMARTS) is 1. The number of benzene rings is 3. The maximum absolute atomic E-state index is 12.2. The maximum Gasteiger partial charge on any atom is 0.326 e. The van der Waals surface area contributed by atoms with Gasteiger partial charge < -0.3 is 10.4 Å². The molecule has 4 nitrogen and oxygen atoms in total. The van der Waals surface area contributed by atoms with Gasteiger partial charge in [-0.3, -0.25) is 4.79 Å². The van der Waals surface area contributed by atoms with Gasteiger partial charge in [-0.05, 0) is 21.9 Å². The van der Waals surface area contributed by atoms with Gasteiger partial charge in [-0.25, -0.2) is 4.79 Å². The van der Waals surface area contributed by atoms with E-state index in [1.165, 1.54) is 0 Å². The van der Waals surface area contributed by atoms with E-state index >= 15 is 0 Å². The Morgan fingerprint density at radius 3 is 2.32 bits per heavy atom. The molecule has 126 valence electrons. The third-order valence-corrected chi connectivity index (χ3v) is 4.14. The molecule has 0 radical (unpaired) electrons. The van der Waals surface area contributed by atoms with Crippen LogP contribution in [-0.2, 0) is 22.4 Å². The smallest absolute Gasteiger partial charge is 0.326 e. The molecule has 0 fully saturated rings. The second-order valence-corrected chi connectivity index (χ2v) is 5.96. The maximum atomic E-state index is 12.2. The molecule has 0 aromatic heterocycles. The Labute approximate surface area is 146 Å². The number of hydrogen-bond donors (Lipinski definition) is 2. The van der Waals surface area contributed by atoms with Gasteiger partial charge >= 0.3 is 5.97 Å². The quantitative estimate of drug-likeness (QED) is 0.728. The largest absolute Gasteiger partial charge is 0.480 e. The normalized spacial score (nSPS) is 11.8. The number of fused-ring (bicyclic) bond motifs is 1. The van der Waals surface area contributed by atoms with Crippen molar-refractivity contribution in [3.63, 3.8) is 0 Å². The molecule has 4 heteroatoms. The average Bonchev–Trinajstić information content (AvgIpc) is 2.62. The fourth-order valence-electron chi connectivity index (χ4n) is 2.92. The van der Waals surface area contributed by atoms with Crippen molar-refractivity contribution < 1.29 is 14.7 Å². The van der Waals surface area contributed by atoms with Crippen LogP contribution in [-0.4, -0.2) is 23.0 Å². The Balaban J connectivity index is 1.75. The second kappa shape index (κ2) is 7.62. The number of rotatable bonds is 6. The first-order chi connectivity index (χ1) is 12.1. The second-order valence-electron chi connectivity index (χ2n) is 5.96. The molecular formula is C21H19NO3. The highest BCUT2D eigenvalue weighted by Gasteiger charge is 2.21. The minimum absolute atomic E-state index is 0.167. The topological polar surface area (TPSA) is 66.4 Å². The van der Waals surface area contributed by atoms with Gasteiger partial charge in [0.05, 0.1) is 6.42 Å². The zero-order chi connectivity index (χ0) is 17.6. The van der Waals surface area contributed by atoms with Gasteiger partial charge in [0.25, 0.3) is 0 Å². The highest BCUT2D eigenvalue weighted by molar-refractivity contribution is 5.88. The monoisotopic (exact) mass is 333 g/mol. The van der Waals surface area contributed by atoms with Crippen LogP contribution in [0.1, 0.15) is 11.1 Å². The van der Waals surface area contributed by atoms with Gasteiger partial charge in [0.15, 0.2) is 0 Å². The minimum Gasteiger partial charge on any atom is -0.480 e. The lowest BCUT2D eigenvalue weighted by atomic mass is 9.98. The Bertz CT molecular complexity index is 885. The van der Waals surface area contributed by atoms with Crippen LogP contribution in [0, 0.1) is 0 Å². The van der Waals surface area contributed by atoms with Gasteiger partial charge in [0.1, 0.15) is 6.04 Å². The lowest BCUT2D eigenvalue weighted by molar-refractivity contribution is -0.141. The van der Waals surface area contributed by atoms with E-state index in [2.05, 4.69) is 5.32 Å². The van der Waals surface area contributed by atoms with Crippen LogP contribution in [0.15, 0.2) is 72.8 Å². The van der Waals surface area contributed by atoms with Gasteiger partial charge in [0, 0.05) is 6.42 Å².